The summed E-state index contributed by atoms with van der Waals surface area (Å²) in [5.41, 5.74) is -0.666. The summed E-state index contributed by atoms with van der Waals surface area (Å²) in [6.45, 7) is 1.04. The zero-order valence-electron chi connectivity index (χ0n) is 13.0. The Bertz CT molecular complexity index is 719. The summed E-state index contributed by atoms with van der Waals surface area (Å²) < 4.78 is 81.3. The fraction of sp³-hybridized carbons (Fsp3) is 0.583. The van der Waals surface area contributed by atoms with Gasteiger partial charge in [-0.2, -0.15) is 22.0 Å². The predicted molar refractivity (Wildman–Crippen MR) is 81.0 cm³/mol. The zero-order valence-corrected chi connectivity index (χ0v) is 15.4. The summed E-state index contributed by atoms with van der Waals surface area (Å²) in [5, 5.41) is 3.38. The number of rotatable bonds is 5. The number of hydrogen-bond acceptors (Lipinski definition) is 5. The van der Waals surface area contributed by atoms with E-state index in [2.05, 4.69) is 31.2 Å². The summed E-state index contributed by atoms with van der Waals surface area (Å²) in [4.78, 5) is 5.19. The van der Waals surface area contributed by atoms with Gasteiger partial charge in [0.2, 0.25) is 5.88 Å². The van der Waals surface area contributed by atoms with Crippen LogP contribution >= 0.6 is 15.9 Å². The molecule has 142 valence electrons. The van der Waals surface area contributed by atoms with Crippen molar-refractivity contribution in [3.05, 3.63) is 20.8 Å². The Labute approximate surface area is 149 Å². The van der Waals surface area contributed by atoms with Crippen molar-refractivity contribution >= 4 is 26.7 Å². The van der Waals surface area contributed by atoms with Gasteiger partial charge in [0, 0.05) is 0 Å². The molecule has 2 rings (SSSR count). The van der Waals surface area contributed by atoms with E-state index in [1.54, 1.807) is 18.9 Å². The molecule has 1 aliphatic rings. The molecule has 0 saturated carbocycles. The lowest BCUT2D eigenvalue weighted by Gasteiger charge is -2.16. The highest BCUT2D eigenvalue weighted by atomic mass is 79.9. The average molecular weight is 454 g/mol. The maximum absolute atomic E-state index is 13.1. The average Bonchev–Trinajstić information content (AvgIpc) is 2.99. The van der Waals surface area contributed by atoms with E-state index in [-0.39, 0.29) is 5.03 Å². The van der Waals surface area contributed by atoms with Gasteiger partial charge in [-0.25, -0.2) is 0 Å². The minimum atomic E-state index is -4.92. The second kappa shape index (κ2) is 6.83. The fourth-order valence-electron chi connectivity index (χ4n) is 2.05. The number of hydroxylamine groups is 1. The highest BCUT2D eigenvalue weighted by Gasteiger charge is 2.43. The van der Waals surface area contributed by atoms with E-state index in [4.69, 9.17) is 4.84 Å². The molecule has 13 heteroatoms. The standard InChI is InChI=1S/C12H13BrF5N3O3S/c1-4(25(22)9-6(13)11(2,3)24-21-9)5-7(12(16,17)18)19-20-8(5)23-10(14)15/h4,10,21H,1-3H3,(H,19,20). The number of alkyl halides is 5. The van der Waals surface area contributed by atoms with Crippen molar-refractivity contribution in [1.82, 2.24) is 15.7 Å². The summed E-state index contributed by atoms with van der Waals surface area (Å²) in [5.74, 6) is -0.960. The van der Waals surface area contributed by atoms with Crippen molar-refractivity contribution in [2.75, 3.05) is 0 Å². The SMILES string of the molecule is CC(c1c(OC(F)F)n[nH]c1C(F)(F)F)S(=O)C1=C(Br)C(C)(C)ON1. The van der Waals surface area contributed by atoms with E-state index >= 15 is 0 Å². The Balaban J connectivity index is 2.48. The Kier molecular flexibility index (Phi) is 5.50. The van der Waals surface area contributed by atoms with Crippen LogP contribution in [0.2, 0.25) is 0 Å². The molecule has 1 aromatic heterocycles. The number of aromatic amines is 1. The van der Waals surface area contributed by atoms with Crippen LogP contribution in [0.3, 0.4) is 0 Å². The van der Waals surface area contributed by atoms with Crippen molar-refractivity contribution in [1.29, 1.82) is 0 Å². The van der Waals surface area contributed by atoms with Gasteiger partial charge >= 0.3 is 12.8 Å². The lowest BCUT2D eigenvalue weighted by Crippen LogP contribution is -2.23. The van der Waals surface area contributed by atoms with E-state index in [1.165, 1.54) is 6.92 Å². The third kappa shape index (κ3) is 3.97. The van der Waals surface area contributed by atoms with Gasteiger partial charge in [0.1, 0.15) is 16.3 Å². The van der Waals surface area contributed by atoms with E-state index in [1.807, 2.05) is 0 Å². The van der Waals surface area contributed by atoms with Crippen LogP contribution in [-0.4, -0.2) is 26.6 Å². The second-order valence-electron chi connectivity index (χ2n) is 5.49. The summed E-state index contributed by atoms with van der Waals surface area (Å²) in [7, 11) is -2.10. The van der Waals surface area contributed by atoms with Gasteiger partial charge in [-0.3, -0.25) is 19.6 Å². The molecule has 0 saturated heterocycles. The van der Waals surface area contributed by atoms with Gasteiger partial charge < -0.3 is 4.74 Å². The Morgan fingerprint density at radius 1 is 1.36 bits per heavy atom. The number of nitrogens with zero attached hydrogens (tertiary/aromatic N) is 1. The Morgan fingerprint density at radius 3 is 2.40 bits per heavy atom. The molecular weight excluding hydrogens is 441 g/mol. The van der Waals surface area contributed by atoms with E-state index < -0.39 is 51.6 Å². The molecule has 2 heterocycles. The number of H-pyrrole nitrogens is 1. The summed E-state index contributed by atoms with van der Waals surface area (Å²) >= 11 is 3.18. The first-order chi connectivity index (χ1) is 11.4. The Hall–Kier alpha value is -1.21. The van der Waals surface area contributed by atoms with Crippen LogP contribution in [0.5, 0.6) is 5.88 Å². The fourth-order valence-corrected chi connectivity index (χ4v) is 4.02. The second-order valence-corrected chi connectivity index (χ2v) is 7.99. The third-order valence-corrected chi connectivity index (χ3v) is 6.49. The number of halogens is 6. The largest absolute Gasteiger partial charge is 0.433 e. The van der Waals surface area contributed by atoms with Crippen LogP contribution in [-0.2, 0) is 21.8 Å². The van der Waals surface area contributed by atoms with Crippen LogP contribution < -0.4 is 10.2 Å². The summed E-state index contributed by atoms with van der Waals surface area (Å²) in [6.07, 6.45) is -4.92. The van der Waals surface area contributed by atoms with Crippen LogP contribution in [0.15, 0.2) is 9.51 Å². The molecular formula is C12H13BrF5N3O3S. The van der Waals surface area contributed by atoms with E-state index in [9.17, 15) is 26.2 Å². The number of ether oxygens (including phenoxy) is 1. The molecule has 2 unspecified atom stereocenters. The molecule has 2 atom stereocenters. The van der Waals surface area contributed by atoms with Gasteiger partial charge in [0.15, 0.2) is 0 Å². The molecule has 1 aliphatic heterocycles. The van der Waals surface area contributed by atoms with Crippen LogP contribution in [0.4, 0.5) is 22.0 Å². The first-order valence-corrected chi connectivity index (χ1v) is 8.72. The maximum atomic E-state index is 13.1. The van der Waals surface area contributed by atoms with Crippen LogP contribution in [0, 0.1) is 0 Å². The molecule has 0 fully saturated rings. The predicted octanol–water partition coefficient (Wildman–Crippen LogP) is 3.72. The van der Waals surface area contributed by atoms with Gasteiger partial charge in [-0.05, 0) is 36.7 Å². The Morgan fingerprint density at radius 2 is 1.96 bits per heavy atom. The minimum absolute atomic E-state index is 0.00479. The normalized spacial score (nSPS) is 19.9. The maximum Gasteiger partial charge on any atom is 0.433 e. The first-order valence-electron chi connectivity index (χ1n) is 6.71. The molecule has 25 heavy (non-hydrogen) atoms. The van der Waals surface area contributed by atoms with Gasteiger partial charge in [0.25, 0.3) is 0 Å². The van der Waals surface area contributed by atoms with Crippen LogP contribution in [0.1, 0.15) is 37.3 Å². The van der Waals surface area contributed by atoms with E-state index in [0.29, 0.717) is 4.48 Å². The van der Waals surface area contributed by atoms with Crippen molar-refractivity contribution in [2.24, 2.45) is 0 Å². The lowest BCUT2D eigenvalue weighted by molar-refractivity contribution is -0.141. The zero-order chi connectivity index (χ0) is 19.2. The number of hydrogen-bond donors (Lipinski definition) is 2. The molecule has 0 radical (unpaired) electrons. The van der Waals surface area contributed by atoms with Crippen molar-refractivity contribution in [2.45, 2.75) is 44.4 Å². The molecule has 0 amide bonds. The van der Waals surface area contributed by atoms with Gasteiger partial charge in [-0.15, -0.1) is 5.10 Å². The van der Waals surface area contributed by atoms with Gasteiger partial charge in [0.05, 0.1) is 26.1 Å². The van der Waals surface area contributed by atoms with Gasteiger partial charge in [-0.1, -0.05) is 0 Å². The molecule has 1 aromatic rings. The number of nitrogens with one attached hydrogen (secondary N) is 2. The quantitative estimate of drug-likeness (QED) is 0.664. The van der Waals surface area contributed by atoms with Crippen LogP contribution in [0.25, 0.3) is 0 Å². The molecule has 0 spiro atoms. The van der Waals surface area contributed by atoms with Crippen molar-refractivity contribution in [3.63, 3.8) is 0 Å². The topological polar surface area (TPSA) is 76.2 Å². The third-order valence-electron chi connectivity index (χ3n) is 3.31. The highest BCUT2D eigenvalue weighted by Crippen LogP contribution is 2.43. The first kappa shape index (κ1) is 20.1. The molecule has 0 bridgehead atoms. The molecule has 6 nitrogen and oxygen atoms in total. The highest BCUT2D eigenvalue weighted by molar-refractivity contribution is 9.11. The van der Waals surface area contributed by atoms with Crippen molar-refractivity contribution < 1.29 is 35.7 Å². The lowest BCUT2D eigenvalue weighted by atomic mass is 10.1. The summed E-state index contributed by atoms with van der Waals surface area (Å²) in [6, 6.07) is 0. The molecule has 2 N–H and O–H groups in total. The monoisotopic (exact) mass is 453 g/mol. The van der Waals surface area contributed by atoms with E-state index in [0.717, 1.165) is 0 Å². The number of aromatic nitrogens is 2. The smallest absolute Gasteiger partial charge is 0.415 e. The molecule has 0 aliphatic carbocycles. The van der Waals surface area contributed by atoms with Crippen molar-refractivity contribution in [3.8, 4) is 5.88 Å². The molecule has 0 aromatic carbocycles. The minimum Gasteiger partial charge on any atom is -0.415 e.